The highest BCUT2D eigenvalue weighted by Gasteiger charge is 2.25. The van der Waals surface area contributed by atoms with Crippen LogP contribution in [0.25, 0.3) is 12.2 Å². The number of nitrogens with zero attached hydrogens (tertiary/aromatic N) is 1. The number of carbonyl (C=O) groups is 2. The van der Waals surface area contributed by atoms with Gasteiger partial charge in [0.25, 0.3) is 0 Å². The standard InChI is InChI=1S/C25H27N3O6S/c1-18(14-19-6-3-2-4-7-19)16-26-11-12-27-35(33,34)23-9-5-8-20-17-28(13-10-21(20)23)22(25(31)32)15-24(29)30/h2-10,13-15,26-27H,11-12,16-17H2,1H3,(H,29,30)(H,31,32)/b18-14?,22-15+. The Bertz CT molecular complexity index is 1280. The van der Waals surface area contributed by atoms with Crippen LogP contribution in [-0.2, 0) is 26.2 Å². The number of rotatable bonds is 11. The normalized spacial score (nSPS) is 14.0. The van der Waals surface area contributed by atoms with E-state index in [0.29, 0.717) is 30.3 Å². The van der Waals surface area contributed by atoms with E-state index in [-0.39, 0.29) is 18.0 Å². The van der Waals surface area contributed by atoms with Crippen LogP contribution in [0.3, 0.4) is 0 Å². The topological polar surface area (TPSA) is 136 Å². The van der Waals surface area contributed by atoms with E-state index in [9.17, 15) is 23.1 Å². The molecule has 0 radical (unpaired) electrons. The molecule has 0 unspecified atom stereocenters. The Labute approximate surface area is 204 Å². The summed E-state index contributed by atoms with van der Waals surface area (Å²) >= 11 is 0. The highest BCUT2D eigenvalue weighted by Crippen LogP contribution is 2.28. The Morgan fingerprint density at radius 3 is 2.49 bits per heavy atom. The van der Waals surface area contributed by atoms with Gasteiger partial charge in [-0.3, -0.25) is 0 Å². The van der Waals surface area contributed by atoms with Crippen LogP contribution < -0.4 is 10.0 Å². The lowest BCUT2D eigenvalue weighted by Gasteiger charge is -2.26. The summed E-state index contributed by atoms with van der Waals surface area (Å²) < 4.78 is 28.4. The lowest BCUT2D eigenvalue weighted by atomic mass is 10.0. The lowest BCUT2D eigenvalue weighted by Crippen LogP contribution is -2.33. The maximum atomic E-state index is 12.9. The molecule has 0 spiro atoms. The van der Waals surface area contributed by atoms with Crippen molar-refractivity contribution in [3.05, 3.63) is 88.8 Å². The summed E-state index contributed by atoms with van der Waals surface area (Å²) in [5.41, 5.74) is 2.79. The van der Waals surface area contributed by atoms with Crippen LogP contribution in [0.1, 0.15) is 23.6 Å². The minimum absolute atomic E-state index is 0.0230. The number of carboxylic acid groups (broad SMARTS) is 2. The number of hydrogen-bond acceptors (Lipinski definition) is 6. The number of nitrogens with one attached hydrogen (secondary N) is 2. The summed E-state index contributed by atoms with van der Waals surface area (Å²) in [5, 5.41) is 21.5. The van der Waals surface area contributed by atoms with Crippen LogP contribution in [0.15, 0.2) is 77.0 Å². The van der Waals surface area contributed by atoms with Crippen molar-refractivity contribution in [1.29, 1.82) is 0 Å². The summed E-state index contributed by atoms with van der Waals surface area (Å²) in [6.45, 7) is 3.25. The zero-order valence-electron chi connectivity index (χ0n) is 19.1. The van der Waals surface area contributed by atoms with Crippen molar-refractivity contribution in [3.8, 4) is 0 Å². The van der Waals surface area contributed by atoms with Crippen LogP contribution in [0.2, 0.25) is 0 Å². The molecule has 0 saturated heterocycles. The van der Waals surface area contributed by atoms with Crippen molar-refractivity contribution in [3.63, 3.8) is 0 Å². The van der Waals surface area contributed by atoms with E-state index in [1.54, 1.807) is 12.1 Å². The van der Waals surface area contributed by atoms with Gasteiger partial charge >= 0.3 is 11.9 Å². The maximum absolute atomic E-state index is 12.9. The highest BCUT2D eigenvalue weighted by molar-refractivity contribution is 7.89. The predicted molar refractivity (Wildman–Crippen MR) is 133 cm³/mol. The first-order valence-electron chi connectivity index (χ1n) is 10.8. The Hall–Kier alpha value is -3.73. The van der Waals surface area contributed by atoms with Gasteiger partial charge < -0.3 is 20.4 Å². The van der Waals surface area contributed by atoms with E-state index in [2.05, 4.69) is 16.1 Å². The number of hydrogen-bond donors (Lipinski definition) is 4. The van der Waals surface area contributed by atoms with Crippen LogP contribution in [0.4, 0.5) is 0 Å². The molecule has 0 saturated carbocycles. The zero-order chi connectivity index (χ0) is 25.4. The predicted octanol–water partition coefficient (Wildman–Crippen LogP) is 2.50. The number of carboxylic acids is 2. The van der Waals surface area contributed by atoms with E-state index in [0.717, 1.165) is 11.1 Å². The minimum atomic E-state index is -3.82. The van der Waals surface area contributed by atoms with Crippen molar-refractivity contribution in [2.24, 2.45) is 0 Å². The van der Waals surface area contributed by atoms with Gasteiger partial charge in [-0.1, -0.05) is 54.1 Å². The summed E-state index contributed by atoms with van der Waals surface area (Å²) in [4.78, 5) is 23.7. The SMILES string of the molecule is CC(=Cc1ccccc1)CNCCNS(=O)(=O)c1cccc2c1C=CN(/C(=C/C(=O)O)C(=O)O)C2. The van der Waals surface area contributed by atoms with Gasteiger partial charge in [0.05, 0.1) is 11.0 Å². The Morgan fingerprint density at radius 2 is 1.80 bits per heavy atom. The molecule has 10 heteroatoms. The zero-order valence-corrected chi connectivity index (χ0v) is 20.0. The highest BCUT2D eigenvalue weighted by atomic mass is 32.2. The number of fused-ring (bicyclic) bond motifs is 1. The van der Waals surface area contributed by atoms with E-state index >= 15 is 0 Å². The van der Waals surface area contributed by atoms with Crippen molar-refractivity contribution in [1.82, 2.24) is 14.9 Å². The van der Waals surface area contributed by atoms with Gasteiger partial charge in [0.15, 0.2) is 0 Å². The first-order chi connectivity index (χ1) is 16.7. The smallest absolute Gasteiger partial charge is 0.352 e. The molecule has 1 aliphatic heterocycles. The van der Waals surface area contributed by atoms with Gasteiger partial charge in [-0.05, 0) is 30.2 Å². The molecule has 0 aliphatic carbocycles. The van der Waals surface area contributed by atoms with Gasteiger partial charge in [0, 0.05) is 37.9 Å². The van der Waals surface area contributed by atoms with Crippen LogP contribution in [0.5, 0.6) is 0 Å². The second-order valence-corrected chi connectivity index (χ2v) is 9.66. The van der Waals surface area contributed by atoms with Crippen molar-refractivity contribution in [2.75, 3.05) is 19.6 Å². The molecule has 2 aromatic carbocycles. The van der Waals surface area contributed by atoms with E-state index < -0.39 is 27.7 Å². The molecule has 9 nitrogen and oxygen atoms in total. The van der Waals surface area contributed by atoms with Crippen molar-refractivity contribution in [2.45, 2.75) is 18.4 Å². The molecule has 1 heterocycles. The van der Waals surface area contributed by atoms with Gasteiger partial charge in [0.2, 0.25) is 10.0 Å². The Morgan fingerprint density at radius 1 is 1.06 bits per heavy atom. The van der Waals surface area contributed by atoms with E-state index in [1.807, 2.05) is 37.3 Å². The molecule has 1 aliphatic rings. The molecular formula is C25H27N3O6S. The molecule has 3 rings (SSSR count). The van der Waals surface area contributed by atoms with E-state index in [4.69, 9.17) is 5.11 Å². The first kappa shape index (κ1) is 25.9. The third-order valence-electron chi connectivity index (χ3n) is 5.21. The van der Waals surface area contributed by atoms with Crippen molar-refractivity contribution < 1.29 is 28.2 Å². The number of benzene rings is 2. The van der Waals surface area contributed by atoms with Gasteiger partial charge in [-0.2, -0.15) is 0 Å². The largest absolute Gasteiger partial charge is 0.478 e. The molecule has 0 atom stereocenters. The molecular weight excluding hydrogens is 470 g/mol. The molecule has 2 aromatic rings. The summed E-state index contributed by atoms with van der Waals surface area (Å²) in [6, 6.07) is 14.6. The average Bonchev–Trinajstić information content (AvgIpc) is 2.82. The molecule has 0 aromatic heterocycles. The fourth-order valence-corrected chi connectivity index (χ4v) is 4.90. The number of aliphatic carboxylic acids is 2. The third kappa shape index (κ3) is 7.12. The quantitative estimate of drug-likeness (QED) is 0.275. The van der Waals surface area contributed by atoms with Crippen LogP contribution >= 0.6 is 0 Å². The fourth-order valence-electron chi connectivity index (χ4n) is 3.62. The lowest BCUT2D eigenvalue weighted by molar-refractivity contribution is -0.136. The third-order valence-corrected chi connectivity index (χ3v) is 6.73. The Balaban J connectivity index is 1.62. The number of sulfonamides is 1. The fraction of sp³-hybridized carbons (Fsp3) is 0.200. The van der Waals surface area contributed by atoms with Crippen molar-refractivity contribution >= 4 is 34.1 Å². The van der Waals surface area contributed by atoms with Crippen LogP contribution in [0, 0.1) is 0 Å². The van der Waals surface area contributed by atoms with Gasteiger partial charge in [0.1, 0.15) is 5.70 Å². The molecule has 4 N–H and O–H groups in total. The van der Waals surface area contributed by atoms with Gasteiger partial charge in [-0.25, -0.2) is 22.7 Å². The maximum Gasteiger partial charge on any atom is 0.352 e. The second-order valence-electron chi connectivity index (χ2n) is 7.92. The van der Waals surface area contributed by atoms with Gasteiger partial charge in [-0.15, -0.1) is 0 Å². The molecule has 0 bridgehead atoms. The molecule has 184 valence electrons. The van der Waals surface area contributed by atoms with E-state index in [1.165, 1.54) is 23.2 Å². The average molecular weight is 498 g/mol. The first-order valence-corrected chi connectivity index (χ1v) is 12.3. The van der Waals surface area contributed by atoms with Crippen LogP contribution in [-0.4, -0.2) is 55.1 Å². The summed E-state index contributed by atoms with van der Waals surface area (Å²) in [6.07, 6.45) is 5.50. The molecule has 35 heavy (non-hydrogen) atoms. The monoisotopic (exact) mass is 497 g/mol. The summed E-state index contributed by atoms with van der Waals surface area (Å²) in [7, 11) is -3.82. The minimum Gasteiger partial charge on any atom is -0.478 e. The Kier molecular flexibility index (Phi) is 8.58. The second kappa shape index (κ2) is 11.6. The molecule has 0 amide bonds. The summed E-state index contributed by atoms with van der Waals surface area (Å²) in [5.74, 6) is -2.78. The molecule has 0 fully saturated rings.